The Morgan fingerprint density at radius 3 is 3.00 bits per heavy atom. The second-order valence-electron chi connectivity index (χ2n) is 7.75. The minimum Gasteiger partial charge on any atom is -0.465 e. The fraction of sp³-hybridized carbons (Fsp3) is 0.476. The predicted molar refractivity (Wildman–Crippen MR) is 109 cm³/mol. The van der Waals surface area contributed by atoms with Gasteiger partial charge in [-0.2, -0.15) is 0 Å². The van der Waals surface area contributed by atoms with Gasteiger partial charge in [0.05, 0.1) is 12.3 Å². The van der Waals surface area contributed by atoms with Gasteiger partial charge in [-0.25, -0.2) is 9.78 Å². The van der Waals surface area contributed by atoms with Crippen molar-refractivity contribution in [2.24, 2.45) is 0 Å². The number of rotatable bonds is 4. The Morgan fingerprint density at radius 1 is 1.37 bits per heavy atom. The molecule has 0 saturated carbocycles. The van der Waals surface area contributed by atoms with Gasteiger partial charge in [-0.1, -0.05) is 0 Å². The van der Waals surface area contributed by atoms with E-state index in [2.05, 4.69) is 15.3 Å². The molecule has 1 aliphatic heterocycles. The lowest BCUT2D eigenvalue weighted by atomic mass is 9.77. The van der Waals surface area contributed by atoms with Crippen molar-refractivity contribution in [1.29, 1.82) is 0 Å². The summed E-state index contributed by atoms with van der Waals surface area (Å²) < 4.78 is 4.86. The lowest BCUT2D eigenvalue weighted by Crippen LogP contribution is -2.52. The number of piperidine rings is 1. The van der Waals surface area contributed by atoms with Crippen LogP contribution in [0.25, 0.3) is 11.4 Å². The molecule has 4 rings (SSSR count). The normalized spacial score (nSPS) is 20.1. The molecule has 1 aliphatic carbocycles. The first-order chi connectivity index (χ1) is 14.5. The topological polar surface area (TPSA) is 117 Å². The van der Waals surface area contributed by atoms with Gasteiger partial charge in [0.1, 0.15) is 12.4 Å². The fourth-order valence-corrected chi connectivity index (χ4v) is 4.46. The van der Waals surface area contributed by atoms with Crippen LogP contribution in [-0.4, -0.2) is 58.1 Å². The number of likely N-dealkylation sites (tertiary alicyclic amines) is 1. The molecule has 9 heteroatoms. The van der Waals surface area contributed by atoms with E-state index in [4.69, 9.17) is 9.72 Å². The molecule has 30 heavy (non-hydrogen) atoms. The minimum absolute atomic E-state index is 0.125. The summed E-state index contributed by atoms with van der Waals surface area (Å²) in [4.78, 5) is 50.4. The van der Waals surface area contributed by atoms with Crippen molar-refractivity contribution >= 4 is 12.0 Å². The molecule has 2 amide bonds. The summed E-state index contributed by atoms with van der Waals surface area (Å²) in [5.41, 5.74) is 1.77. The zero-order valence-corrected chi connectivity index (χ0v) is 16.9. The van der Waals surface area contributed by atoms with Gasteiger partial charge in [0.15, 0.2) is 0 Å². The number of pyridine rings is 1. The molecule has 2 aromatic rings. The van der Waals surface area contributed by atoms with Crippen molar-refractivity contribution in [3.8, 4) is 11.4 Å². The maximum atomic E-state index is 12.7. The smallest absolute Gasteiger partial charge is 0.325 e. The largest absolute Gasteiger partial charge is 0.465 e. The highest BCUT2D eigenvalue weighted by Crippen LogP contribution is 2.43. The van der Waals surface area contributed by atoms with Crippen LogP contribution in [0.5, 0.6) is 0 Å². The van der Waals surface area contributed by atoms with E-state index in [1.807, 2.05) is 6.07 Å². The SMILES string of the molecule is CCOC(=O)CNC(=O)N1CCCC2(CCc3c2nc(-c2cccnc2)[nH]c3=O)C1. The van der Waals surface area contributed by atoms with Crippen LogP contribution in [0.2, 0.25) is 0 Å². The van der Waals surface area contributed by atoms with Crippen molar-refractivity contribution in [3.05, 3.63) is 46.1 Å². The Bertz CT molecular complexity index is 1010. The molecule has 1 saturated heterocycles. The van der Waals surface area contributed by atoms with Crippen LogP contribution in [0.15, 0.2) is 29.3 Å². The Balaban J connectivity index is 1.57. The number of nitrogens with one attached hydrogen (secondary N) is 2. The number of H-pyrrole nitrogens is 1. The molecule has 3 heterocycles. The quantitative estimate of drug-likeness (QED) is 0.734. The molecule has 9 nitrogen and oxygen atoms in total. The second-order valence-corrected chi connectivity index (χ2v) is 7.75. The first kappa shape index (κ1) is 20.1. The van der Waals surface area contributed by atoms with E-state index in [1.54, 1.807) is 30.3 Å². The average molecular weight is 411 g/mol. The molecule has 1 atom stereocenters. The number of carbonyl (C=O) groups excluding carboxylic acids is 2. The molecule has 2 aliphatic rings. The van der Waals surface area contributed by atoms with E-state index in [0.29, 0.717) is 30.9 Å². The third kappa shape index (κ3) is 3.79. The molecule has 158 valence electrons. The molecule has 0 aromatic carbocycles. The third-order valence-corrected chi connectivity index (χ3v) is 5.86. The number of nitrogens with zero attached hydrogens (tertiary/aromatic N) is 3. The first-order valence-corrected chi connectivity index (χ1v) is 10.2. The molecule has 2 aromatic heterocycles. The summed E-state index contributed by atoms with van der Waals surface area (Å²) in [6.45, 7) is 2.91. The number of hydrogen-bond donors (Lipinski definition) is 2. The van der Waals surface area contributed by atoms with E-state index in [9.17, 15) is 14.4 Å². The number of urea groups is 1. The number of amides is 2. The zero-order chi connectivity index (χ0) is 21.1. The monoisotopic (exact) mass is 411 g/mol. The lowest BCUT2D eigenvalue weighted by Gasteiger charge is -2.40. The summed E-state index contributed by atoms with van der Waals surface area (Å²) in [7, 11) is 0. The van der Waals surface area contributed by atoms with E-state index in [0.717, 1.165) is 30.5 Å². The van der Waals surface area contributed by atoms with Gasteiger partial charge in [-0.05, 0) is 44.7 Å². The Kier molecular flexibility index (Phi) is 5.52. The van der Waals surface area contributed by atoms with Gasteiger partial charge in [0, 0.05) is 42.0 Å². The van der Waals surface area contributed by atoms with Crippen molar-refractivity contribution in [2.45, 2.75) is 38.0 Å². The lowest BCUT2D eigenvalue weighted by molar-refractivity contribution is -0.141. The maximum absolute atomic E-state index is 12.7. The maximum Gasteiger partial charge on any atom is 0.325 e. The van der Waals surface area contributed by atoms with Crippen molar-refractivity contribution in [1.82, 2.24) is 25.2 Å². The third-order valence-electron chi connectivity index (χ3n) is 5.86. The standard InChI is InChI=1S/C21H25N5O4/c1-2-30-16(27)12-23-20(29)26-10-4-7-21(13-26)8-6-15-17(21)24-18(25-19(15)28)14-5-3-9-22-11-14/h3,5,9,11H,2,4,6-8,10,12-13H2,1H3,(H,23,29)(H,24,25,28). The highest BCUT2D eigenvalue weighted by atomic mass is 16.5. The molecule has 0 radical (unpaired) electrons. The Hall–Kier alpha value is -3.23. The van der Waals surface area contributed by atoms with Gasteiger partial charge in [-0.3, -0.25) is 14.6 Å². The predicted octanol–water partition coefficient (Wildman–Crippen LogP) is 1.38. The number of hydrogen-bond acceptors (Lipinski definition) is 6. The number of aromatic nitrogens is 3. The molecular weight excluding hydrogens is 386 g/mol. The van der Waals surface area contributed by atoms with Crippen molar-refractivity contribution in [2.75, 3.05) is 26.2 Å². The van der Waals surface area contributed by atoms with Gasteiger partial charge >= 0.3 is 12.0 Å². The molecule has 1 fully saturated rings. The second kappa shape index (κ2) is 8.25. The van der Waals surface area contributed by atoms with Crippen molar-refractivity contribution in [3.63, 3.8) is 0 Å². The van der Waals surface area contributed by atoms with Crippen LogP contribution in [0.1, 0.15) is 37.4 Å². The molecule has 1 spiro atoms. The van der Waals surface area contributed by atoms with Gasteiger partial charge in [0.2, 0.25) is 0 Å². The van der Waals surface area contributed by atoms with Crippen LogP contribution in [0, 0.1) is 0 Å². The van der Waals surface area contributed by atoms with Gasteiger partial charge < -0.3 is 19.9 Å². The number of carbonyl (C=O) groups is 2. The minimum atomic E-state index is -0.460. The number of esters is 1. The van der Waals surface area contributed by atoms with E-state index < -0.39 is 5.97 Å². The highest BCUT2D eigenvalue weighted by molar-refractivity contribution is 5.81. The van der Waals surface area contributed by atoms with Crippen LogP contribution in [0.4, 0.5) is 4.79 Å². The van der Waals surface area contributed by atoms with Crippen LogP contribution in [0.3, 0.4) is 0 Å². The summed E-state index contributed by atoms with van der Waals surface area (Å²) in [6.07, 6.45) is 6.43. The summed E-state index contributed by atoms with van der Waals surface area (Å²) >= 11 is 0. The molecular formula is C21H25N5O4. The molecule has 0 bridgehead atoms. The first-order valence-electron chi connectivity index (χ1n) is 10.2. The molecule has 2 N–H and O–H groups in total. The van der Waals surface area contributed by atoms with E-state index in [-0.39, 0.29) is 30.2 Å². The molecule has 1 unspecified atom stereocenters. The zero-order valence-electron chi connectivity index (χ0n) is 16.9. The highest BCUT2D eigenvalue weighted by Gasteiger charge is 2.45. The van der Waals surface area contributed by atoms with Crippen LogP contribution in [-0.2, 0) is 21.4 Å². The van der Waals surface area contributed by atoms with Gasteiger partial charge in [0.25, 0.3) is 5.56 Å². The number of ether oxygens (including phenoxy) is 1. The average Bonchev–Trinajstić information content (AvgIpc) is 3.11. The number of fused-ring (bicyclic) bond motifs is 2. The summed E-state index contributed by atoms with van der Waals surface area (Å²) in [6, 6.07) is 3.36. The van der Waals surface area contributed by atoms with Crippen LogP contribution < -0.4 is 10.9 Å². The van der Waals surface area contributed by atoms with E-state index >= 15 is 0 Å². The van der Waals surface area contributed by atoms with Crippen LogP contribution >= 0.6 is 0 Å². The summed E-state index contributed by atoms with van der Waals surface area (Å²) in [5, 5.41) is 2.63. The fourth-order valence-electron chi connectivity index (χ4n) is 4.46. The van der Waals surface area contributed by atoms with E-state index in [1.165, 1.54) is 0 Å². The van der Waals surface area contributed by atoms with Gasteiger partial charge in [-0.15, -0.1) is 0 Å². The Labute approximate surface area is 173 Å². The van der Waals surface area contributed by atoms with Crippen molar-refractivity contribution < 1.29 is 14.3 Å². The summed E-state index contributed by atoms with van der Waals surface area (Å²) in [5.74, 6) is 0.0371. The number of aromatic amines is 1. The Morgan fingerprint density at radius 2 is 2.23 bits per heavy atom.